The molecule has 6 nitrogen and oxygen atoms in total. The van der Waals surface area contributed by atoms with Gasteiger partial charge in [0.05, 0.1) is 13.2 Å². The van der Waals surface area contributed by atoms with Crippen molar-refractivity contribution in [2.75, 3.05) is 47.4 Å². The van der Waals surface area contributed by atoms with Crippen molar-refractivity contribution in [1.82, 2.24) is 20.4 Å². The van der Waals surface area contributed by atoms with Crippen LogP contribution >= 0.6 is 0 Å². The molecule has 1 saturated heterocycles. The summed E-state index contributed by atoms with van der Waals surface area (Å²) >= 11 is 0. The number of benzene rings is 1. The predicted molar refractivity (Wildman–Crippen MR) is 119 cm³/mol. The summed E-state index contributed by atoms with van der Waals surface area (Å²) in [5.41, 5.74) is 1.15. The van der Waals surface area contributed by atoms with Crippen LogP contribution in [-0.4, -0.2) is 69.3 Å². The number of likely N-dealkylation sites (tertiary alicyclic amines) is 1. The number of amides is 2. The van der Waals surface area contributed by atoms with Crippen LogP contribution < -0.4 is 15.4 Å². The van der Waals surface area contributed by atoms with Crippen molar-refractivity contribution in [3.63, 3.8) is 0 Å². The first-order chi connectivity index (χ1) is 13.8. The lowest BCUT2D eigenvalue weighted by Gasteiger charge is -2.39. The molecule has 2 N–H and O–H groups in total. The number of carbonyl (C=O) groups is 1. The van der Waals surface area contributed by atoms with Crippen molar-refractivity contribution in [2.24, 2.45) is 11.8 Å². The van der Waals surface area contributed by atoms with Gasteiger partial charge >= 0.3 is 6.03 Å². The molecule has 2 rings (SSSR count). The molecule has 1 fully saturated rings. The fraction of sp³-hybridized carbons (Fsp3) is 0.696. The second-order valence-corrected chi connectivity index (χ2v) is 8.87. The minimum Gasteiger partial charge on any atom is -0.497 e. The molecule has 2 unspecified atom stereocenters. The topological polar surface area (TPSA) is 56.8 Å². The maximum atomic E-state index is 12.5. The van der Waals surface area contributed by atoms with Gasteiger partial charge in [-0.25, -0.2) is 4.79 Å². The smallest absolute Gasteiger partial charge is 0.314 e. The molecule has 0 aromatic heterocycles. The minimum absolute atomic E-state index is 0.0959. The third-order valence-corrected chi connectivity index (χ3v) is 6.11. The number of methoxy groups -OCH3 is 1. The van der Waals surface area contributed by atoms with Crippen molar-refractivity contribution in [3.05, 3.63) is 29.8 Å². The Kier molecular flexibility index (Phi) is 9.24. The summed E-state index contributed by atoms with van der Waals surface area (Å²) in [6, 6.07) is 8.42. The monoisotopic (exact) mass is 404 g/mol. The Morgan fingerprint density at radius 2 is 1.72 bits per heavy atom. The Bertz CT molecular complexity index is 610. The van der Waals surface area contributed by atoms with E-state index >= 15 is 0 Å². The minimum atomic E-state index is -0.0959. The van der Waals surface area contributed by atoms with Crippen LogP contribution in [0, 0.1) is 11.8 Å². The molecule has 1 heterocycles. The van der Waals surface area contributed by atoms with E-state index in [1.54, 1.807) is 7.11 Å². The Morgan fingerprint density at radius 3 is 2.24 bits per heavy atom. The number of rotatable bonds is 9. The zero-order valence-electron chi connectivity index (χ0n) is 19.1. The summed E-state index contributed by atoms with van der Waals surface area (Å²) in [5, 5.41) is 6.16. The second-order valence-electron chi connectivity index (χ2n) is 8.87. The van der Waals surface area contributed by atoms with Crippen LogP contribution in [0.3, 0.4) is 0 Å². The first-order valence-corrected chi connectivity index (χ1v) is 10.9. The first kappa shape index (κ1) is 23.5. The van der Waals surface area contributed by atoms with Crippen molar-refractivity contribution >= 4 is 6.03 Å². The van der Waals surface area contributed by atoms with Gasteiger partial charge in [-0.15, -0.1) is 0 Å². The third kappa shape index (κ3) is 7.19. The first-order valence-electron chi connectivity index (χ1n) is 10.9. The highest BCUT2D eigenvalue weighted by molar-refractivity contribution is 5.73. The molecule has 1 aliphatic rings. The van der Waals surface area contributed by atoms with Crippen LogP contribution in [0.2, 0.25) is 0 Å². The maximum absolute atomic E-state index is 12.5. The summed E-state index contributed by atoms with van der Waals surface area (Å²) in [6.45, 7) is 10.3. The lowest BCUT2D eigenvalue weighted by molar-refractivity contribution is 0.108. The molecule has 0 bridgehead atoms. The SMILES string of the molecule is COc1ccc(C(CNC(=O)NCC(C(C)C)N2CCC(C)CC2)N(C)C)cc1. The molecule has 2 atom stereocenters. The second kappa shape index (κ2) is 11.4. The number of urea groups is 1. The van der Waals surface area contributed by atoms with E-state index in [1.165, 1.54) is 12.8 Å². The third-order valence-electron chi connectivity index (χ3n) is 6.11. The maximum Gasteiger partial charge on any atom is 0.314 e. The average molecular weight is 405 g/mol. The number of hydrogen-bond donors (Lipinski definition) is 2. The lowest BCUT2D eigenvalue weighted by atomic mass is 9.94. The number of nitrogens with one attached hydrogen (secondary N) is 2. The van der Waals surface area contributed by atoms with Crippen molar-refractivity contribution < 1.29 is 9.53 Å². The Hall–Kier alpha value is -1.79. The van der Waals surface area contributed by atoms with Crippen LogP contribution in [0.15, 0.2) is 24.3 Å². The van der Waals surface area contributed by atoms with Crippen LogP contribution in [0.4, 0.5) is 4.79 Å². The number of carbonyl (C=O) groups excluding carboxylic acids is 1. The zero-order chi connectivity index (χ0) is 21.4. The Labute approximate surface area is 177 Å². The van der Waals surface area contributed by atoms with E-state index in [0.29, 0.717) is 25.0 Å². The predicted octanol–water partition coefficient (Wildman–Crippen LogP) is 3.35. The molecular weight excluding hydrogens is 364 g/mol. The summed E-state index contributed by atoms with van der Waals surface area (Å²) < 4.78 is 5.24. The fourth-order valence-corrected chi connectivity index (χ4v) is 4.02. The molecule has 164 valence electrons. The van der Waals surface area contributed by atoms with Crippen molar-refractivity contribution in [3.8, 4) is 5.75 Å². The zero-order valence-corrected chi connectivity index (χ0v) is 19.1. The average Bonchev–Trinajstić information content (AvgIpc) is 2.69. The summed E-state index contributed by atoms with van der Waals surface area (Å²) in [6.07, 6.45) is 2.50. The Morgan fingerprint density at radius 1 is 1.14 bits per heavy atom. The standard InChI is InChI=1S/C23H40N4O2/c1-17(2)21(27-13-11-18(3)12-14-27)15-24-23(28)25-16-22(26(4)5)19-7-9-20(29-6)10-8-19/h7-10,17-18,21-22H,11-16H2,1-6H3,(H2,24,25,28). The molecule has 1 aromatic rings. The molecule has 0 saturated carbocycles. The van der Waals surface area contributed by atoms with Crippen molar-refractivity contribution in [2.45, 2.75) is 45.7 Å². The van der Waals surface area contributed by atoms with Gasteiger partial charge < -0.3 is 20.3 Å². The van der Waals surface area contributed by atoms with Crippen LogP contribution in [0.25, 0.3) is 0 Å². The highest BCUT2D eigenvalue weighted by Crippen LogP contribution is 2.22. The van der Waals surface area contributed by atoms with E-state index in [0.717, 1.165) is 30.3 Å². The molecule has 2 amide bonds. The molecule has 1 aromatic carbocycles. The highest BCUT2D eigenvalue weighted by Gasteiger charge is 2.26. The molecule has 0 spiro atoms. The van der Waals surface area contributed by atoms with E-state index in [-0.39, 0.29) is 12.1 Å². The van der Waals surface area contributed by atoms with Gasteiger partial charge in [0.15, 0.2) is 0 Å². The quantitative estimate of drug-likeness (QED) is 0.663. The van der Waals surface area contributed by atoms with E-state index in [1.807, 2.05) is 26.2 Å². The number of ether oxygens (including phenoxy) is 1. The molecule has 1 aliphatic heterocycles. The van der Waals surface area contributed by atoms with Gasteiger partial charge in [-0.2, -0.15) is 0 Å². The molecule has 0 radical (unpaired) electrons. The molecule has 29 heavy (non-hydrogen) atoms. The van der Waals surface area contributed by atoms with Crippen LogP contribution in [0.1, 0.15) is 45.2 Å². The van der Waals surface area contributed by atoms with Gasteiger partial charge in [0.1, 0.15) is 5.75 Å². The van der Waals surface area contributed by atoms with Gasteiger partial charge in [-0.1, -0.05) is 32.9 Å². The van der Waals surface area contributed by atoms with Gasteiger partial charge in [0.25, 0.3) is 0 Å². The molecular formula is C23H40N4O2. The molecule has 6 heteroatoms. The van der Waals surface area contributed by atoms with E-state index in [2.05, 4.69) is 53.3 Å². The summed E-state index contributed by atoms with van der Waals surface area (Å²) in [7, 11) is 5.72. The van der Waals surface area contributed by atoms with Gasteiger partial charge in [-0.3, -0.25) is 4.90 Å². The van der Waals surface area contributed by atoms with E-state index < -0.39 is 0 Å². The number of likely N-dealkylation sites (N-methyl/N-ethyl adjacent to an activating group) is 1. The lowest BCUT2D eigenvalue weighted by Crippen LogP contribution is -2.51. The normalized spacial score (nSPS) is 17.9. The number of hydrogen-bond acceptors (Lipinski definition) is 4. The van der Waals surface area contributed by atoms with Gasteiger partial charge in [-0.05, 0) is 69.6 Å². The Balaban J connectivity index is 1.85. The van der Waals surface area contributed by atoms with Crippen LogP contribution in [-0.2, 0) is 0 Å². The van der Waals surface area contributed by atoms with E-state index in [4.69, 9.17) is 4.74 Å². The van der Waals surface area contributed by atoms with Gasteiger partial charge in [0.2, 0.25) is 0 Å². The number of piperidine rings is 1. The van der Waals surface area contributed by atoms with Gasteiger partial charge in [0, 0.05) is 19.1 Å². The fourth-order valence-electron chi connectivity index (χ4n) is 4.02. The van der Waals surface area contributed by atoms with Crippen molar-refractivity contribution in [1.29, 1.82) is 0 Å². The summed E-state index contributed by atoms with van der Waals surface area (Å²) in [5.74, 6) is 2.16. The molecule has 0 aliphatic carbocycles. The summed E-state index contributed by atoms with van der Waals surface area (Å²) in [4.78, 5) is 17.1. The number of nitrogens with zero attached hydrogens (tertiary/aromatic N) is 2. The largest absolute Gasteiger partial charge is 0.497 e. The van der Waals surface area contributed by atoms with Crippen LogP contribution in [0.5, 0.6) is 5.75 Å². The van der Waals surface area contributed by atoms with E-state index in [9.17, 15) is 4.79 Å². The highest BCUT2D eigenvalue weighted by atomic mass is 16.5.